The molecule has 1 heterocycles. The van der Waals surface area contributed by atoms with Crippen LogP contribution in [-0.4, -0.2) is 31.8 Å². The number of nitro groups is 1. The van der Waals surface area contributed by atoms with Gasteiger partial charge in [-0.2, -0.15) is 0 Å². The van der Waals surface area contributed by atoms with Gasteiger partial charge in [0.05, 0.1) is 16.9 Å². The Morgan fingerprint density at radius 3 is 2.42 bits per heavy atom. The van der Waals surface area contributed by atoms with Crippen LogP contribution in [0.5, 0.6) is 0 Å². The molecule has 2 aromatic carbocycles. The standard InChI is InChI=1S/C17H13N5O3S/c23-16(19-13-6-8-14(9-7-13)22(24)25)11-26-17-18-10-15(20-21-17)12-4-2-1-3-5-12/h1-10H,11H2,(H,19,23). The fourth-order valence-corrected chi connectivity index (χ4v) is 2.62. The normalized spacial score (nSPS) is 10.3. The lowest BCUT2D eigenvalue weighted by Crippen LogP contribution is -2.14. The van der Waals surface area contributed by atoms with Gasteiger partial charge in [0.1, 0.15) is 5.69 Å². The lowest BCUT2D eigenvalue weighted by Gasteiger charge is -2.04. The maximum Gasteiger partial charge on any atom is 0.269 e. The number of carbonyl (C=O) groups is 1. The van der Waals surface area contributed by atoms with Gasteiger partial charge < -0.3 is 5.32 Å². The van der Waals surface area contributed by atoms with Gasteiger partial charge >= 0.3 is 0 Å². The van der Waals surface area contributed by atoms with E-state index < -0.39 is 4.92 Å². The van der Waals surface area contributed by atoms with E-state index in [0.717, 1.165) is 17.3 Å². The van der Waals surface area contributed by atoms with E-state index in [4.69, 9.17) is 0 Å². The zero-order valence-electron chi connectivity index (χ0n) is 13.4. The maximum absolute atomic E-state index is 12.0. The average molecular weight is 367 g/mol. The third-order valence-electron chi connectivity index (χ3n) is 3.30. The molecule has 1 amide bonds. The van der Waals surface area contributed by atoms with Crippen LogP contribution in [0.2, 0.25) is 0 Å². The van der Waals surface area contributed by atoms with Gasteiger partial charge in [0.15, 0.2) is 0 Å². The quantitative estimate of drug-likeness (QED) is 0.404. The molecule has 0 spiro atoms. The molecule has 9 heteroatoms. The van der Waals surface area contributed by atoms with Crippen LogP contribution < -0.4 is 5.32 Å². The van der Waals surface area contributed by atoms with Crippen molar-refractivity contribution in [3.63, 3.8) is 0 Å². The van der Waals surface area contributed by atoms with Crippen LogP contribution in [0.25, 0.3) is 11.3 Å². The highest BCUT2D eigenvalue weighted by Crippen LogP contribution is 2.18. The van der Waals surface area contributed by atoms with Crippen LogP contribution in [0.1, 0.15) is 0 Å². The Morgan fingerprint density at radius 2 is 1.81 bits per heavy atom. The number of hydrogen-bond donors (Lipinski definition) is 1. The number of anilines is 1. The summed E-state index contributed by atoms with van der Waals surface area (Å²) in [4.78, 5) is 26.3. The van der Waals surface area contributed by atoms with Gasteiger partial charge in [0, 0.05) is 23.4 Å². The van der Waals surface area contributed by atoms with Crippen molar-refractivity contribution in [3.05, 3.63) is 70.9 Å². The Bertz CT molecular complexity index is 902. The Hall–Kier alpha value is -3.33. The number of amides is 1. The molecule has 0 bridgehead atoms. The van der Waals surface area contributed by atoms with Crippen molar-refractivity contribution < 1.29 is 9.72 Å². The summed E-state index contributed by atoms with van der Waals surface area (Å²) in [7, 11) is 0. The van der Waals surface area contributed by atoms with E-state index in [9.17, 15) is 14.9 Å². The number of rotatable bonds is 6. The third kappa shape index (κ3) is 4.61. The SMILES string of the molecule is O=C(CSc1ncc(-c2ccccc2)nn1)Nc1ccc([N+](=O)[O-])cc1. The summed E-state index contributed by atoms with van der Waals surface area (Å²) in [5.41, 5.74) is 2.03. The molecule has 26 heavy (non-hydrogen) atoms. The predicted molar refractivity (Wildman–Crippen MR) is 97.7 cm³/mol. The summed E-state index contributed by atoms with van der Waals surface area (Å²) >= 11 is 1.15. The first-order chi connectivity index (χ1) is 12.6. The van der Waals surface area contributed by atoms with Crippen molar-refractivity contribution in [1.82, 2.24) is 15.2 Å². The molecule has 8 nitrogen and oxygen atoms in total. The van der Waals surface area contributed by atoms with Gasteiger partial charge in [-0.3, -0.25) is 14.9 Å². The highest BCUT2D eigenvalue weighted by atomic mass is 32.2. The molecule has 0 aliphatic heterocycles. The van der Waals surface area contributed by atoms with E-state index in [0.29, 0.717) is 16.5 Å². The van der Waals surface area contributed by atoms with E-state index in [1.54, 1.807) is 6.20 Å². The summed E-state index contributed by atoms with van der Waals surface area (Å²) in [6.07, 6.45) is 1.61. The van der Waals surface area contributed by atoms with Crippen molar-refractivity contribution in [2.75, 3.05) is 11.1 Å². The molecule has 0 radical (unpaired) electrons. The fourth-order valence-electron chi connectivity index (χ4n) is 2.07. The van der Waals surface area contributed by atoms with Crippen LogP contribution in [0.4, 0.5) is 11.4 Å². The second kappa shape index (κ2) is 8.17. The van der Waals surface area contributed by atoms with Gasteiger partial charge in [-0.15, -0.1) is 10.2 Å². The summed E-state index contributed by atoms with van der Waals surface area (Å²) in [5.74, 6) is -0.164. The van der Waals surface area contributed by atoms with Gasteiger partial charge in [-0.25, -0.2) is 4.98 Å². The van der Waals surface area contributed by atoms with Crippen LogP contribution in [0, 0.1) is 10.1 Å². The first-order valence-corrected chi connectivity index (χ1v) is 8.52. The van der Waals surface area contributed by atoms with Crippen molar-refractivity contribution in [3.8, 4) is 11.3 Å². The number of nitro benzene ring substituents is 1. The number of aromatic nitrogens is 3. The number of nitrogens with one attached hydrogen (secondary N) is 1. The lowest BCUT2D eigenvalue weighted by molar-refractivity contribution is -0.384. The molecule has 0 saturated carbocycles. The molecular formula is C17H13N5O3S. The van der Waals surface area contributed by atoms with Gasteiger partial charge in [0.2, 0.25) is 11.1 Å². The number of benzene rings is 2. The molecule has 0 aliphatic carbocycles. The highest BCUT2D eigenvalue weighted by molar-refractivity contribution is 7.99. The monoisotopic (exact) mass is 367 g/mol. The van der Waals surface area contributed by atoms with Gasteiger partial charge in [-0.05, 0) is 12.1 Å². The van der Waals surface area contributed by atoms with E-state index in [2.05, 4.69) is 20.5 Å². The molecule has 3 rings (SSSR count). The minimum atomic E-state index is -0.495. The smallest absolute Gasteiger partial charge is 0.269 e. The molecule has 1 N–H and O–H groups in total. The maximum atomic E-state index is 12.0. The Kier molecular flexibility index (Phi) is 5.49. The van der Waals surface area contributed by atoms with Crippen molar-refractivity contribution >= 4 is 29.0 Å². The minimum absolute atomic E-state index is 0.0321. The average Bonchev–Trinajstić information content (AvgIpc) is 2.68. The van der Waals surface area contributed by atoms with Crippen molar-refractivity contribution in [1.29, 1.82) is 0 Å². The first kappa shape index (κ1) is 17.5. The summed E-state index contributed by atoms with van der Waals surface area (Å²) in [6, 6.07) is 15.2. The summed E-state index contributed by atoms with van der Waals surface area (Å²) in [6.45, 7) is 0. The molecule has 0 fully saturated rings. The lowest BCUT2D eigenvalue weighted by atomic mass is 10.2. The van der Waals surface area contributed by atoms with E-state index in [1.165, 1.54) is 24.3 Å². The zero-order chi connectivity index (χ0) is 18.4. The van der Waals surface area contributed by atoms with Crippen LogP contribution in [-0.2, 0) is 4.79 Å². The van der Waals surface area contributed by atoms with Crippen molar-refractivity contribution in [2.24, 2.45) is 0 Å². The second-order valence-electron chi connectivity index (χ2n) is 5.13. The molecule has 1 aromatic heterocycles. The second-order valence-corrected chi connectivity index (χ2v) is 6.08. The molecule has 0 unspecified atom stereocenters. The minimum Gasteiger partial charge on any atom is -0.325 e. The molecule has 130 valence electrons. The molecule has 0 atom stereocenters. The largest absolute Gasteiger partial charge is 0.325 e. The zero-order valence-corrected chi connectivity index (χ0v) is 14.2. The van der Waals surface area contributed by atoms with Gasteiger partial charge in [-0.1, -0.05) is 42.1 Å². The van der Waals surface area contributed by atoms with Crippen LogP contribution in [0.3, 0.4) is 0 Å². The number of carbonyl (C=O) groups excluding carboxylic acids is 1. The number of non-ortho nitro benzene ring substituents is 1. The van der Waals surface area contributed by atoms with Crippen LogP contribution >= 0.6 is 11.8 Å². The Morgan fingerprint density at radius 1 is 1.08 bits per heavy atom. The Balaban J connectivity index is 1.53. The molecule has 0 aliphatic rings. The molecular weight excluding hydrogens is 354 g/mol. The number of thioether (sulfide) groups is 1. The van der Waals surface area contributed by atoms with E-state index in [-0.39, 0.29) is 17.3 Å². The van der Waals surface area contributed by atoms with Crippen LogP contribution in [0.15, 0.2) is 66.0 Å². The molecule has 0 saturated heterocycles. The van der Waals surface area contributed by atoms with E-state index >= 15 is 0 Å². The first-order valence-electron chi connectivity index (χ1n) is 7.54. The van der Waals surface area contributed by atoms with Gasteiger partial charge in [0.25, 0.3) is 5.69 Å². The Labute approximate surface area is 152 Å². The predicted octanol–water partition coefficient (Wildman–Crippen LogP) is 3.18. The topological polar surface area (TPSA) is 111 Å². The number of nitrogens with zero attached hydrogens (tertiary/aromatic N) is 4. The summed E-state index contributed by atoms with van der Waals surface area (Å²) in [5, 5.41) is 21.8. The number of hydrogen-bond acceptors (Lipinski definition) is 7. The highest BCUT2D eigenvalue weighted by Gasteiger charge is 2.09. The van der Waals surface area contributed by atoms with Crippen molar-refractivity contribution in [2.45, 2.75) is 5.16 Å². The third-order valence-corrected chi connectivity index (χ3v) is 4.16. The van der Waals surface area contributed by atoms with E-state index in [1.807, 2.05) is 30.3 Å². The fraction of sp³-hybridized carbons (Fsp3) is 0.0588. The molecule has 3 aromatic rings. The summed E-state index contributed by atoms with van der Waals surface area (Å²) < 4.78 is 0.